The topological polar surface area (TPSA) is 102 Å². The molecule has 1 atom stereocenters. The Hall–Kier alpha value is -3.72. The number of ether oxygens (including phenoxy) is 1. The van der Waals surface area contributed by atoms with Gasteiger partial charge in [0.15, 0.2) is 6.10 Å². The first-order valence-corrected chi connectivity index (χ1v) is 11.1. The van der Waals surface area contributed by atoms with E-state index in [4.69, 9.17) is 4.74 Å². The highest BCUT2D eigenvalue weighted by Gasteiger charge is 2.25. The van der Waals surface area contributed by atoms with E-state index >= 15 is 0 Å². The molecule has 1 aliphatic rings. The summed E-state index contributed by atoms with van der Waals surface area (Å²) in [7, 11) is 0. The van der Waals surface area contributed by atoms with Crippen LogP contribution in [0.2, 0.25) is 0 Å². The second kappa shape index (κ2) is 9.61. The molecule has 164 valence electrons. The van der Waals surface area contributed by atoms with Gasteiger partial charge >= 0.3 is 12.0 Å². The van der Waals surface area contributed by atoms with Crippen LogP contribution in [0.15, 0.2) is 60.1 Å². The Morgan fingerprint density at radius 1 is 1.19 bits per heavy atom. The average molecular weight is 451 g/mol. The number of para-hydroxylation sites is 1. The molecule has 2 heterocycles. The van der Waals surface area contributed by atoms with E-state index in [0.29, 0.717) is 0 Å². The Morgan fingerprint density at radius 2 is 1.97 bits per heavy atom. The summed E-state index contributed by atoms with van der Waals surface area (Å²) < 4.78 is 6.88. The molecule has 0 radical (unpaired) electrons. The van der Waals surface area contributed by atoms with E-state index in [2.05, 4.69) is 15.7 Å². The van der Waals surface area contributed by atoms with E-state index < -0.39 is 24.0 Å². The van der Waals surface area contributed by atoms with Crippen molar-refractivity contribution in [1.82, 2.24) is 20.4 Å². The molecule has 3 aromatic rings. The number of aromatic nitrogens is 2. The molecule has 0 saturated heterocycles. The van der Waals surface area contributed by atoms with Crippen LogP contribution in [0.4, 0.5) is 4.79 Å². The predicted octanol–water partition coefficient (Wildman–Crippen LogP) is 3.53. The van der Waals surface area contributed by atoms with E-state index in [0.717, 1.165) is 34.7 Å². The molecule has 1 unspecified atom stereocenters. The van der Waals surface area contributed by atoms with Gasteiger partial charge < -0.3 is 10.1 Å². The third-order valence-electron chi connectivity index (χ3n) is 4.73. The average Bonchev–Trinajstić information content (AvgIpc) is 3.26. The zero-order valence-electron chi connectivity index (χ0n) is 17.4. The third-order valence-corrected chi connectivity index (χ3v) is 5.60. The molecule has 1 aromatic carbocycles. The van der Waals surface area contributed by atoms with Crippen LogP contribution in [-0.2, 0) is 14.3 Å². The minimum atomic E-state index is -1.11. The number of esters is 1. The number of carbonyl (C=O) groups excluding carboxylic acids is 3. The van der Waals surface area contributed by atoms with Crippen molar-refractivity contribution in [3.63, 3.8) is 0 Å². The van der Waals surface area contributed by atoms with Crippen molar-refractivity contribution in [1.29, 1.82) is 0 Å². The normalized spacial score (nSPS) is 14.2. The lowest BCUT2D eigenvalue weighted by Crippen LogP contribution is -2.45. The lowest BCUT2D eigenvalue weighted by molar-refractivity contribution is -0.149. The molecule has 1 saturated carbocycles. The summed E-state index contributed by atoms with van der Waals surface area (Å²) in [5.74, 6) is -1.37. The lowest BCUT2D eigenvalue weighted by atomic mass is 10.2. The van der Waals surface area contributed by atoms with Crippen molar-refractivity contribution in [2.45, 2.75) is 31.9 Å². The highest BCUT2D eigenvalue weighted by Crippen LogP contribution is 2.28. The summed E-state index contributed by atoms with van der Waals surface area (Å²) in [5, 5.41) is 11.4. The lowest BCUT2D eigenvalue weighted by Gasteiger charge is -2.11. The largest absolute Gasteiger partial charge is 0.449 e. The standard InChI is InChI=1S/C23H22N4O4S/c1-15(22(29)25-23(30)24-17-10-11-17)31-20(28)12-9-16-14-27(18-6-3-2-4-7-18)26-21(16)19-8-5-13-32-19/h2-9,12-15,17H,10-11H2,1H3,(H2,24,25,29,30)/b12-9+. The minimum absolute atomic E-state index is 0.123. The molecule has 0 spiro atoms. The minimum Gasteiger partial charge on any atom is -0.449 e. The first-order valence-electron chi connectivity index (χ1n) is 10.2. The van der Waals surface area contributed by atoms with Gasteiger partial charge in [0.1, 0.15) is 5.69 Å². The first kappa shape index (κ1) is 21.5. The number of nitrogens with zero attached hydrogens (tertiary/aromatic N) is 2. The third kappa shape index (κ3) is 5.50. The summed E-state index contributed by atoms with van der Waals surface area (Å²) in [5.41, 5.74) is 2.35. The van der Waals surface area contributed by atoms with Crippen molar-refractivity contribution >= 4 is 35.3 Å². The van der Waals surface area contributed by atoms with Crippen LogP contribution in [0, 0.1) is 0 Å². The fourth-order valence-electron chi connectivity index (χ4n) is 2.91. The first-order chi connectivity index (χ1) is 15.5. The highest BCUT2D eigenvalue weighted by atomic mass is 32.1. The maximum atomic E-state index is 12.3. The molecule has 2 aromatic heterocycles. The molecule has 9 heteroatoms. The predicted molar refractivity (Wildman–Crippen MR) is 121 cm³/mol. The number of urea groups is 1. The number of hydrogen-bond acceptors (Lipinski definition) is 6. The Labute approximate surface area is 188 Å². The summed E-state index contributed by atoms with van der Waals surface area (Å²) in [4.78, 5) is 36.9. The number of amides is 3. The monoisotopic (exact) mass is 450 g/mol. The van der Waals surface area contributed by atoms with Gasteiger partial charge in [0.05, 0.1) is 10.6 Å². The van der Waals surface area contributed by atoms with Crippen molar-refractivity contribution in [2.24, 2.45) is 0 Å². The molecule has 32 heavy (non-hydrogen) atoms. The van der Waals surface area contributed by atoms with Crippen molar-refractivity contribution < 1.29 is 19.1 Å². The number of nitrogens with one attached hydrogen (secondary N) is 2. The van der Waals surface area contributed by atoms with Crippen LogP contribution in [0.25, 0.3) is 22.3 Å². The smallest absolute Gasteiger partial charge is 0.331 e. The van der Waals surface area contributed by atoms with Gasteiger partial charge in [0, 0.05) is 23.9 Å². The number of benzene rings is 1. The summed E-state index contributed by atoms with van der Waals surface area (Å²) in [6.07, 6.45) is 5.38. The van der Waals surface area contributed by atoms with Crippen molar-refractivity contribution in [3.8, 4) is 16.3 Å². The summed E-state index contributed by atoms with van der Waals surface area (Å²) in [6, 6.07) is 13.1. The molecular formula is C23H22N4O4S. The van der Waals surface area contributed by atoms with Crippen molar-refractivity contribution in [2.75, 3.05) is 0 Å². The van der Waals surface area contributed by atoms with Crippen LogP contribution < -0.4 is 10.6 Å². The summed E-state index contributed by atoms with van der Waals surface area (Å²) in [6.45, 7) is 1.41. The Morgan fingerprint density at radius 3 is 2.66 bits per heavy atom. The maximum Gasteiger partial charge on any atom is 0.331 e. The van der Waals surface area contributed by atoms with Crippen LogP contribution in [-0.4, -0.2) is 39.8 Å². The van der Waals surface area contributed by atoms with E-state index in [1.54, 1.807) is 22.1 Å². The number of hydrogen-bond donors (Lipinski definition) is 2. The van der Waals surface area contributed by atoms with Gasteiger partial charge in [-0.15, -0.1) is 11.3 Å². The molecule has 1 aliphatic carbocycles. The highest BCUT2D eigenvalue weighted by molar-refractivity contribution is 7.13. The van der Waals surface area contributed by atoms with Crippen LogP contribution >= 0.6 is 11.3 Å². The van der Waals surface area contributed by atoms with E-state index in [9.17, 15) is 14.4 Å². The van der Waals surface area contributed by atoms with E-state index in [1.807, 2.05) is 54.0 Å². The van der Waals surface area contributed by atoms with Crippen LogP contribution in [0.1, 0.15) is 25.3 Å². The number of thiophene rings is 1. The molecule has 3 amide bonds. The van der Waals surface area contributed by atoms with E-state index in [-0.39, 0.29) is 6.04 Å². The van der Waals surface area contributed by atoms with Gasteiger partial charge in [-0.3, -0.25) is 10.1 Å². The second-order valence-electron chi connectivity index (χ2n) is 7.34. The van der Waals surface area contributed by atoms with Crippen molar-refractivity contribution in [3.05, 3.63) is 65.7 Å². The van der Waals surface area contributed by atoms with Gasteiger partial charge in [-0.2, -0.15) is 5.10 Å². The summed E-state index contributed by atoms with van der Waals surface area (Å²) >= 11 is 1.54. The second-order valence-corrected chi connectivity index (χ2v) is 8.29. The quantitative estimate of drug-likeness (QED) is 0.423. The van der Waals surface area contributed by atoms with Gasteiger partial charge in [-0.05, 0) is 49.4 Å². The van der Waals surface area contributed by atoms with Crippen LogP contribution in [0.5, 0.6) is 0 Å². The molecule has 8 nitrogen and oxygen atoms in total. The zero-order chi connectivity index (χ0) is 22.5. The Kier molecular flexibility index (Phi) is 6.46. The Bertz CT molecular complexity index is 1130. The number of carbonyl (C=O) groups is 3. The van der Waals surface area contributed by atoms with Gasteiger partial charge in [-0.25, -0.2) is 14.3 Å². The molecule has 0 bridgehead atoms. The molecule has 4 rings (SSSR count). The molecule has 1 fully saturated rings. The SMILES string of the molecule is CC(OC(=O)/C=C/c1cn(-c2ccccc2)nc1-c1cccs1)C(=O)NC(=O)NC1CC1. The Balaban J connectivity index is 1.43. The van der Waals surface area contributed by atoms with Gasteiger partial charge in [0.25, 0.3) is 5.91 Å². The van der Waals surface area contributed by atoms with Gasteiger partial charge in [-0.1, -0.05) is 24.3 Å². The number of rotatable bonds is 7. The fourth-order valence-corrected chi connectivity index (χ4v) is 3.65. The van der Waals surface area contributed by atoms with Crippen LogP contribution in [0.3, 0.4) is 0 Å². The number of imide groups is 1. The van der Waals surface area contributed by atoms with E-state index in [1.165, 1.54) is 13.0 Å². The maximum absolute atomic E-state index is 12.3. The molecule has 0 aliphatic heterocycles. The zero-order valence-corrected chi connectivity index (χ0v) is 18.2. The molecular weight excluding hydrogens is 428 g/mol. The molecule has 2 N–H and O–H groups in total. The van der Waals surface area contributed by atoms with Gasteiger partial charge in [0.2, 0.25) is 0 Å². The fraction of sp³-hybridized carbons (Fsp3) is 0.217.